The maximum atomic E-state index is 11.9. The SMILES string of the molecule is CC[C@]1(O)CC[C@@]2(C)C(=CC(C)(O)[C@H]3[C@@H]4CC[C@H]([C@H](C)CCC(C)(C)O)[C@@]4(C)CC[C@@H]32)C1. The molecule has 4 aliphatic carbocycles. The Balaban J connectivity index is 1.62. The van der Waals surface area contributed by atoms with Crippen molar-refractivity contribution in [2.75, 3.05) is 0 Å². The van der Waals surface area contributed by atoms with Crippen LogP contribution in [0.4, 0.5) is 0 Å². The van der Waals surface area contributed by atoms with Crippen LogP contribution in [0.1, 0.15) is 113 Å². The molecule has 0 heterocycles. The normalized spacial score (nSPS) is 49.6. The average molecular weight is 447 g/mol. The van der Waals surface area contributed by atoms with Gasteiger partial charge in [0.15, 0.2) is 0 Å². The molecule has 0 aromatic rings. The van der Waals surface area contributed by atoms with Crippen molar-refractivity contribution in [3.8, 4) is 0 Å². The third kappa shape index (κ3) is 3.93. The van der Waals surface area contributed by atoms with Gasteiger partial charge in [0, 0.05) is 0 Å². The lowest BCUT2D eigenvalue weighted by Crippen LogP contribution is -2.59. The lowest BCUT2D eigenvalue weighted by atomic mass is 9.43. The van der Waals surface area contributed by atoms with Crippen LogP contribution in [0.25, 0.3) is 0 Å². The fraction of sp³-hybridized carbons (Fsp3) is 0.931. The van der Waals surface area contributed by atoms with Crippen molar-refractivity contribution in [2.24, 2.45) is 40.4 Å². The summed E-state index contributed by atoms with van der Waals surface area (Å²) in [5.74, 6) is 2.68. The van der Waals surface area contributed by atoms with Crippen molar-refractivity contribution < 1.29 is 15.3 Å². The van der Waals surface area contributed by atoms with E-state index in [1.54, 1.807) is 0 Å². The van der Waals surface area contributed by atoms with Crippen molar-refractivity contribution in [1.29, 1.82) is 0 Å². The molecule has 3 nitrogen and oxygen atoms in total. The second-order valence-corrected chi connectivity index (χ2v) is 13.9. The van der Waals surface area contributed by atoms with E-state index in [9.17, 15) is 15.3 Å². The molecule has 0 bridgehead atoms. The molecule has 0 radical (unpaired) electrons. The lowest BCUT2D eigenvalue weighted by molar-refractivity contribution is -0.140. The number of hydrogen-bond donors (Lipinski definition) is 3. The zero-order chi connectivity index (χ0) is 23.7. The Kier molecular flexibility index (Phi) is 6.04. The molecule has 3 N–H and O–H groups in total. The van der Waals surface area contributed by atoms with E-state index in [4.69, 9.17) is 0 Å². The van der Waals surface area contributed by atoms with Gasteiger partial charge in [-0.25, -0.2) is 0 Å². The molecular formula is C29H50O3. The predicted molar refractivity (Wildman–Crippen MR) is 131 cm³/mol. The van der Waals surface area contributed by atoms with Gasteiger partial charge in [0.25, 0.3) is 0 Å². The quantitative estimate of drug-likeness (QED) is 0.437. The standard InChI is InChI=1S/C29H50O3/c1-8-29(32)16-15-26(5)20(18-29)17-28(7,31)24-22-10-9-21(19(2)11-13-25(3,4)30)27(22,6)14-12-23(24)26/h17,19,21-24,30-32H,8-16,18H2,1-7H3/t19-,21-,22+,23+,24+,26+,27-,28?,29+/m1/s1. The minimum absolute atomic E-state index is 0.125. The van der Waals surface area contributed by atoms with Crippen LogP contribution in [0.15, 0.2) is 11.6 Å². The second kappa shape index (κ2) is 7.82. The van der Waals surface area contributed by atoms with Crippen molar-refractivity contribution in [2.45, 2.75) is 129 Å². The topological polar surface area (TPSA) is 60.7 Å². The minimum Gasteiger partial charge on any atom is -0.390 e. The molecule has 0 saturated heterocycles. The van der Waals surface area contributed by atoms with E-state index < -0.39 is 16.8 Å². The molecule has 3 saturated carbocycles. The summed E-state index contributed by atoms with van der Waals surface area (Å²) >= 11 is 0. The van der Waals surface area contributed by atoms with Crippen LogP contribution in [0.5, 0.6) is 0 Å². The van der Waals surface area contributed by atoms with E-state index in [-0.39, 0.29) is 10.8 Å². The van der Waals surface area contributed by atoms with Crippen LogP contribution < -0.4 is 0 Å². The van der Waals surface area contributed by atoms with Crippen molar-refractivity contribution in [3.63, 3.8) is 0 Å². The van der Waals surface area contributed by atoms with Crippen LogP contribution in [0, 0.1) is 40.4 Å². The van der Waals surface area contributed by atoms with Crippen LogP contribution in [0.3, 0.4) is 0 Å². The smallest absolute Gasteiger partial charge is 0.0836 e. The highest BCUT2D eigenvalue weighted by Gasteiger charge is 2.64. The zero-order valence-electron chi connectivity index (χ0n) is 21.9. The van der Waals surface area contributed by atoms with Crippen LogP contribution in [-0.4, -0.2) is 32.1 Å². The third-order valence-electron chi connectivity index (χ3n) is 11.2. The molecule has 184 valence electrons. The first kappa shape index (κ1) is 24.7. The Hall–Kier alpha value is -0.380. The summed E-state index contributed by atoms with van der Waals surface area (Å²) in [5.41, 5.74) is -0.231. The van der Waals surface area contributed by atoms with Crippen LogP contribution in [0.2, 0.25) is 0 Å². The van der Waals surface area contributed by atoms with E-state index in [1.807, 2.05) is 13.8 Å². The Morgan fingerprint density at radius 3 is 2.34 bits per heavy atom. The number of hydrogen-bond acceptors (Lipinski definition) is 3. The number of aliphatic hydroxyl groups is 3. The second-order valence-electron chi connectivity index (χ2n) is 13.9. The van der Waals surface area contributed by atoms with Gasteiger partial charge in [0.05, 0.1) is 16.8 Å². The maximum Gasteiger partial charge on any atom is 0.0836 e. The van der Waals surface area contributed by atoms with Crippen LogP contribution in [-0.2, 0) is 0 Å². The van der Waals surface area contributed by atoms with Gasteiger partial charge in [0.2, 0.25) is 0 Å². The number of fused-ring (bicyclic) bond motifs is 5. The van der Waals surface area contributed by atoms with Gasteiger partial charge in [-0.05, 0) is 125 Å². The van der Waals surface area contributed by atoms with Gasteiger partial charge in [-0.15, -0.1) is 0 Å². The Morgan fingerprint density at radius 1 is 1.03 bits per heavy atom. The first-order chi connectivity index (χ1) is 14.7. The Morgan fingerprint density at radius 2 is 1.72 bits per heavy atom. The zero-order valence-corrected chi connectivity index (χ0v) is 21.9. The summed E-state index contributed by atoms with van der Waals surface area (Å²) in [6, 6.07) is 0. The predicted octanol–water partition coefficient (Wildman–Crippen LogP) is 6.25. The molecule has 1 unspecified atom stereocenters. The lowest BCUT2D eigenvalue weighted by Gasteiger charge is -2.62. The largest absolute Gasteiger partial charge is 0.390 e. The fourth-order valence-corrected chi connectivity index (χ4v) is 9.11. The molecule has 0 amide bonds. The monoisotopic (exact) mass is 446 g/mol. The summed E-state index contributed by atoms with van der Waals surface area (Å²) in [5, 5.41) is 33.2. The van der Waals surface area contributed by atoms with E-state index in [0.717, 1.165) is 38.5 Å². The fourth-order valence-electron chi connectivity index (χ4n) is 9.11. The van der Waals surface area contributed by atoms with E-state index in [2.05, 4.69) is 40.7 Å². The van der Waals surface area contributed by atoms with Crippen molar-refractivity contribution in [3.05, 3.63) is 11.6 Å². The molecule has 9 atom stereocenters. The average Bonchev–Trinajstić information content (AvgIpc) is 3.04. The molecular weight excluding hydrogens is 396 g/mol. The van der Waals surface area contributed by atoms with E-state index in [1.165, 1.54) is 31.3 Å². The highest BCUT2D eigenvalue weighted by Crippen LogP contribution is 2.69. The van der Waals surface area contributed by atoms with Gasteiger partial charge in [-0.1, -0.05) is 39.3 Å². The summed E-state index contributed by atoms with van der Waals surface area (Å²) in [6.07, 6.45) is 12.5. The highest BCUT2D eigenvalue weighted by atomic mass is 16.3. The first-order valence-electron chi connectivity index (χ1n) is 13.5. The highest BCUT2D eigenvalue weighted by molar-refractivity contribution is 5.32. The molecule has 0 aliphatic heterocycles. The van der Waals surface area contributed by atoms with Gasteiger partial charge < -0.3 is 15.3 Å². The molecule has 0 spiro atoms. The Bertz CT molecular complexity index is 748. The summed E-state index contributed by atoms with van der Waals surface area (Å²) in [4.78, 5) is 0. The minimum atomic E-state index is -0.789. The summed E-state index contributed by atoms with van der Waals surface area (Å²) < 4.78 is 0. The van der Waals surface area contributed by atoms with E-state index >= 15 is 0 Å². The van der Waals surface area contributed by atoms with Gasteiger partial charge in [-0.3, -0.25) is 0 Å². The molecule has 4 aliphatic rings. The third-order valence-corrected chi connectivity index (χ3v) is 11.2. The molecule has 0 aromatic heterocycles. The molecule has 3 heteroatoms. The number of rotatable bonds is 5. The molecule has 4 rings (SSSR count). The van der Waals surface area contributed by atoms with Crippen LogP contribution >= 0.6 is 0 Å². The molecule has 3 fully saturated rings. The molecule has 0 aromatic carbocycles. The first-order valence-corrected chi connectivity index (χ1v) is 13.5. The van der Waals surface area contributed by atoms with E-state index in [0.29, 0.717) is 29.6 Å². The molecule has 32 heavy (non-hydrogen) atoms. The van der Waals surface area contributed by atoms with Crippen molar-refractivity contribution in [1.82, 2.24) is 0 Å². The maximum absolute atomic E-state index is 11.9. The van der Waals surface area contributed by atoms with Gasteiger partial charge >= 0.3 is 0 Å². The van der Waals surface area contributed by atoms with Crippen molar-refractivity contribution >= 4 is 0 Å². The van der Waals surface area contributed by atoms with Gasteiger partial charge in [0.1, 0.15) is 0 Å². The summed E-state index contributed by atoms with van der Waals surface area (Å²) in [6.45, 7) is 15.4. The summed E-state index contributed by atoms with van der Waals surface area (Å²) in [7, 11) is 0. The van der Waals surface area contributed by atoms with Gasteiger partial charge in [-0.2, -0.15) is 0 Å². The Labute approximate surface area is 197 Å².